The summed E-state index contributed by atoms with van der Waals surface area (Å²) < 4.78 is 0. The first-order valence-electron chi connectivity index (χ1n) is 10.9. The summed E-state index contributed by atoms with van der Waals surface area (Å²) >= 11 is 0. The Labute approximate surface area is 182 Å². The average molecular weight is 422 g/mol. The number of imide groups is 1. The zero-order valence-electron chi connectivity index (χ0n) is 18.0. The number of carbonyl (C=O) groups excluding carboxylic acids is 3. The fraction of sp³-hybridized carbons (Fsp3) is 0.375. The summed E-state index contributed by atoms with van der Waals surface area (Å²) in [5.41, 5.74) is 4.70. The van der Waals surface area contributed by atoms with Gasteiger partial charge >= 0.3 is 6.03 Å². The first-order valence-corrected chi connectivity index (χ1v) is 10.9. The van der Waals surface area contributed by atoms with E-state index in [1.807, 2.05) is 56.4 Å². The maximum atomic E-state index is 13.2. The van der Waals surface area contributed by atoms with Crippen LogP contribution in [0.4, 0.5) is 4.79 Å². The fourth-order valence-electron chi connectivity index (χ4n) is 4.85. The molecule has 3 N–H and O–H groups in total. The van der Waals surface area contributed by atoms with Gasteiger partial charge in [-0.25, -0.2) is 4.79 Å². The molecule has 0 bridgehead atoms. The maximum absolute atomic E-state index is 13.2. The number of nitrogens with zero attached hydrogens (tertiary/aromatic N) is 1. The van der Waals surface area contributed by atoms with Gasteiger partial charge in [0.1, 0.15) is 11.6 Å². The molecular formula is C24H29N4O3+. The van der Waals surface area contributed by atoms with E-state index in [0.717, 1.165) is 29.2 Å². The number of quaternary nitrogens is 1. The Morgan fingerprint density at radius 3 is 2.61 bits per heavy atom. The van der Waals surface area contributed by atoms with Gasteiger partial charge in [-0.2, -0.15) is 5.01 Å². The third-order valence-electron chi connectivity index (χ3n) is 6.53. The average Bonchev–Trinajstić information content (AvgIpc) is 3.04. The molecule has 7 heteroatoms. The molecular weight excluding hydrogens is 392 g/mol. The second-order valence-electron chi connectivity index (χ2n) is 8.40. The van der Waals surface area contributed by atoms with Crippen molar-refractivity contribution in [2.75, 3.05) is 13.6 Å². The zero-order chi connectivity index (χ0) is 22.0. The lowest BCUT2D eigenvalue weighted by atomic mass is 9.87. The van der Waals surface area contributed by atoms with E-state index in [2.05, 4.69) is 22.9 Å². The smallest absolute Gasteiger partial charge is 0.323 e. The molecule has 1 aliphatic carbocycles. The highest BCUT2D eigenvalue weighted by molar-refractivity contribution is 6.08. The van der Waals surface area contributed by atoms with Gasteiger partial charge in [0.15, 0.2) is 6.54 Å². The van der Waals surface area contributed by atoms with E-state index in [0.29, 0.717) is 12.0 Å². The molecule has 2 aromatic rings. The zero-order valence-corrected chi connectivity index (χ0v) is 18.0. The van der Waals surface area contributed by atoms with E-state index in [1.54, 1.807) is 0 Å². The van der Waals surface area contributed by atoms with Crippen LogP contribution in [0.15, 0.2) is 54.6 Å². The molecule has 1 fully saturated rings. The molecule has 1 aliphatic heterocycles. The van der Waals surface area contributed by atoms with Crippen molar-refractivity contribution in [3.63, 3.8) is 0 Å². The Bertz CT molecular complexity index is 993. The van der Waals surface area contributed by atoms with Gasteiger partial charge in [0.2, 0.25) is 0 Å². The summed E-state index contributed by atoms with van der Waals surface area (Å²) in [6.45, 7) is 2.01. The molecule has 1 saturated heterocycles. The van der Waals surface area contributed by atoms with Gasteiger partial charge in [0.25, 0.3) is 11.8 Å². The number of likely N-dealkylation sites (N-methyl/N-ethyl adjacent to an activating group) is 1. The van der Waals surface area contributed by atoms with Crippen LogP contribution < -0.4 is 15.6 Å². The number of benzene rings is 2. The third-order valence-corrected chi connectivity index (χ3v) is 6.53. The van der Waals surface area contributed by atoms with E-state index >= 15 is 0 Å². The number of amides is 4. The summed E-state index contributed by atoms with van der Waals surface area (Å²) in [5.74, 6) is -0.816. The van der Waals surface area contributed by atoms with Crippen molar-refractivity contribution < 1.29 is 19.3 Å². The number of aryl methyl sites for hydroxylation is 1. The lowest BCUT2D eigenvalue weighted by molar-refractivity contribution is -0.905. The normalized spacial score (nSPS) is 23.8. The fourth-order valence-corrected chi connectivity index (χ4v) is 4.85. The van der Waals surface area contributed by atoms with Crippen molar-refractivity contribution in [1.82, 2.24) is 15.8 Å². The molecule has 1 unspecified atom stereocenters. The summed E-state index contributed by atoms with van der Waals surface area (Å²) in [7, 11) is 1.98. The summed E-state index contributed by atoms with van der Waals surface area (Å²) in [4.78, 5) is 39.6. The minimum absolute atomic E-state index is 0.167. The van der Waals surface area contributed by atoms with Gasteiger partial charge in [-0.05, 0) is 30.4 Å². The lowest BCUT2D eigenvalue weighted by Crippen LogP contribution is -3.10. The van der Waals surface area contributed by atoms with Crippen molar-refractivity contribution in [2.45, 2.75) is 44.2 Å². The molecule has 0 spiro atoms. The van der Waals surface area contributed by atoms with Crippen LogP contribution in [0.25, 0.3) is 0 Å². The lowest BCUT2D eigenvalue weighted by Gasteiger charge is -2.30. The molecule has 7 nitrogen and oxygen atoms in total. The molecule has 1 heterocycles. The number of hydrogen-bond acceptors (Lipinski definition) is 3. The standard InChI is InChI=1S/C24H28N4O3/c1-3-24(18-12-5-4-6-13-18)22(30)28(23(31)25-24)26-21(29)16-27(2)20-15-9-11-17-10-7-8-14-19(17)20/h4-8,10,12-14,20H,3,9,11,15-16H2,1-2H3,(H,25,31)(H,26,29)/p+1/t20-,24-/m1/s1. The number of urea groups is 1. The van der Waals surface area contributed by atoms with Crippen LogP contribution in [0, 0.1) is 0 Å². The topological polar surface area (TPSA) is 83.0 Å². The molecule has 162 valence electrons. The minimum Gasteiger partial charge on any atom is -0.323 e. The van der Waals surface area contributed by atoms with E-state index in [1.165, 1.54) is 11.1 Å². The number of nitrogens with one attached hydrogen (secondary N) is 3. The van der Waals surface area contributed by atoms with Crippen LogP contribution in [0.2, 0.25) is 0 Å². The Morgan fingerprint density at radius 2 is 1.87 bits per heavy atom. The first-order chi connectivity index (χ1) is 15.0. The molecule has 4 amide bonds. The predicted molar refractivity (Wildman–Crippen MR) is 116 cm³/mol. The van der Waals surface area contributed by atoms with Crippen molar-refractivity contribution >= 4 is 17.8 Å². The van der Waals surface area contributed by atoms with Crippen LogP contribution in [0.5, 0.6) is 0 Å². The molecule has 0 saturated carbocycles. The Hall–Kier alpha value is -3.19. The monoisotopic (exact) mass is 421 g/mol. The minimum atomic E-state index is -1.16. The van der Waals surface area contributed by atoms with Crippen LogP contribution >= 0.6 is 0 Å². The van der Waals surface area contributed by atoms with Gasteiger partial charge in [-0.1, -0.05) is 61.5 Å². The summed E-state index contributed by atoms with van der Waals surface area (Å²) in [6.07, 6.45) is 3.54. The van der Waals surface area contributed by atoms with Crippen molar-refractivity contribution in [2.24, 2.45) is 0 Å². The van der Waals surface area contributed by atoms with Gasteiger partial charge < -0.3 is 10.2 Å². The second-order valence-corrected chi connectivity index (χ2v) is 8.40. The van der Waals surface area contributed by atoms with Gasteiger partial charge in [-0.15, -0.1) is 0 Å². The molecule has 4 rings (SSSR count). The third kappa shape index (κ3) is 3.81. The number of fused-ring (bicyclic) bond motifs is 1. The van der Waals surface area contributed by atoms with Gasteiger partial charge in [-0.3, -0.25) is 15.0 Å². The van der Waals surface area contributed by atoms with E-state index in [-0.39, 0.29) is 18.5 Å². The Balaban J connectivity index is 1.46. The largest absolute Gasteiger partial charge is 0.344 e. The SMILES string of the molecule is CC[C@]1(c2ccccc2)NC(=O)N(NC(=O)C[NH+](C)[C@@H]2CCCc3ccccc32)C1=O. The van der Waals surface area contributed by atoms with E-state index in [4.69, 9.17) is 0 Å². The summed E-state index contributed by atoms with van der Waals surface area (Å²) in [5, 5.41) is 3.62. The molecule has 3 atom stereocenters. The number of carbonyl (C=O) groups is 3. The molecule has 2 aliphatic rings. The van der Waals surface area contributed by atoms with Gasteiger partial charge in [0, 0.05) is 12.0 Å². The predicted octanol–water partition coefficient (Wildman–Crippen LogP) is 1.47. The van der Waals surface area contributed by atoms with Gasteiger partial charge in [0.05, 0.1) is 7.05 Å². The summed E-state index contributed by atoms with van der Waals surface area (Å²) in [6, 6.07) is 17.1. The highest BCUT2D eigenvalue weighted by Crippen LogP contribution is 2.31. The van der Waals surface area contributed by atoms with Crippen LogP contribution in [-0.2, 0) is 21.5 Å². The molecule has 2 aromatic carbocycles. The van der Waals surface area contributed by atoms with Crippen LogP contribution in [0.3, 0.4) is 0 Å². The Morgan fingerprint density at radius 1 is 1.16 bits per heavy atom. The van der Waals surface area contributed by atoms with E-state index < -0.39 is 17.5 Å². The van der Waals surface area contributed by atoms with Crippen LogP contribution in [-0.4, -0.2) is 36.4 Å². The van der Waals surface area contributed by atoms with Crippen molar-refractivity contribution in [3.8, 4) is 0 Å². The molecule has 0 radical (unpaired) electrons. The van der Waals surface area contributed by atoms with Crippen molar-refractivity contribution in [1.29, 1.82) is 0 Å². The Kier molecular flexibility index (Phi) is 5.78. The highest BCUT2D eigenvalue weighted by Gasteiger charge is 2.52. The van der Waals surface area contributed by atoms with Crippen molar-refractivity contribution in [3.05, 3.63) is 71.3 Å². The highest BCUT2D eigenvalue weighted by atomic mass is 16.2. The number of hydrazine groups is 1. The quantitative estimate of drug-likeness (QED) is 0.618. The maximum Gasteiger partial charge on any atom is 0.344 e. The molecule has 31 heavy (non-hydrogen) atoms. The number of hydrogen-bond donors (Lipinski definition) is 3. The second kappa shape index (κ2) is 8.51. The first kappa shape index (κ1) is 21.1. The van der Waals surface area contributed by atoms with E-state index in [9.17, 15) is 14.4 Å². The van der Waals surface area contributed by atoms with Crippen LogP contribution in [0.1, 0.15) is 48.9 Å². The number of rotatable bonds is 6. The molecule has 0 aromatic heterocycles.